The van der Waals surface area contributed by atoms with E-state index in [2.05, 4.69) is 15.5 Å². The summed E-state index contributed by atoms with van der Waals surface area (Å²) in [5.41, 5.74) is 6.77. The monoisotopic (exact) mass is 304 g/mol. The number of nitrogens with one attached hydrogen (secondary N) is 2. The number of H-pyrrole nitrogens is 1. The normalized spacial score (nSPS) is 16.3. The Hall–Kier alpha value is -1.95. The van der Waals surface area contributed by atoms with Gasteiger partial charge in [0, 0.05) is 12.1 Å². The van der Waals surface area contributed by atoms with Gasteiger partial charge in [-0.25, -0.2) is 0 Å². The van der Waals surface area contributed by atoms with Crippen LogP contribution in [0.3, 0.4) is 0 Å². The lowest BCUT2D eigenvalue weighted by atomic mass is 9.99. The molecule has 0 spiro atoms. The highest BCUT2D eigenvalue weighted by Gasteiger charge is 2.16. The van der Waals surface area contributed by atoms with Crippen LogP contribution in [0.25, 0.3) is 10.9 Å². The van der Waals surface area contributed by atoms with Gasteiger partial charge in [0.15, 0.2) is 5.82 Å². The molecule has 0 radical (unpaired) electrons. The van der Waals surface area contributed by atoms with Crippen molar-refractivity contribution >= 4 is 16.7 Å². The van der Waals surface area contributed by atoms with E-state index in [-0.39, 0.29) is 6.10 Å². The van der Waals surface area contributed by atoms with Gasteiger partial charge in [0.1, 0.15) is 11.5 Å². The zero-order chi connectivity index (χ0) is 15.5. The predicted octanol–water partition coefficient (Wildman–Crippen LogP) is 2.31. The number of nitrogens with two attached hydrogens (primary N) is 1. The predicted molar refractivity (Wildman–Crippen MR) is 87.4 cm³/mol. The van der Waals surface area contributed by atoms with Crippen molar-refractivity contribution in [2.45, 2.75) is 32.8 Å². The van der Waals surface area contributed by atoms with E-state index in [1.165, 1.54) is 0 Å². The number of hydrogen-bond donors (Lipinski definition) is 3. The van der Waals surface area contributed by atoms with Crippen molar-refractivity contribution in [1.29, 1.82) is 0 Å². The molecule has 6 heteroatoms. The standard InChI is InChI=1S/C16H24N4O2/c1-10(2)22-14-8-12(7-13-15(14)16(17)20-19-13)21-9-11-3-5-18-6-4-11/h7-8,10-11,18H,3-6,9H2,1-2H3,(H3,17,19,20). The van der Waals surface area contributed by atoms with Crippen molar-refractivity contribution in [2.75, 3.05) is 25.4 Å². The van der Waals surface area contributed by atoms with E-state index in [1.54, 1.807) is 0 Å². The molecule has 1 aromatic carbocycles. The molecule has 22 heavy (non-hydrogen) atoms. The second kappa shape index (κ2) is 6.44. The minimum Gasteiger partial charge on any atom is -0.493 e. The van der Waals surface area contributed by atoms with Gasteiger partial charge in [0.2, 0.25) is 0 Å². The van der Waals surface area contributed by atoms with Gasteiger partial charge in [-0.2, -0.15) is 5.10 Å². The summed E-state index contributed by atoms with van der Waals surface area (Å²) in [4.78, 5) is 0. The van der Waals surface area contributed by atoms with Gasteiger partial charge in [0.05, 0.1) is 23.6 Å². The quantitative estimate of drug-likeness (QED) is 0.789. The largest absolute Gasteiger partial charge is 0.493 e. The second-order valence-corrected chi connectivity index (χ2v) is 6.12. The van der Waals surface area contributed by atoms with Gasteiger partial charge in [-0.05, 0) is 45.7 Å². The lowest BCUT2D eigenvalue weighted by Crippen LogP contribution is -2.30. The number of nitrogen functional groups attached to an aromatic ring is 1. The van der Waals surface area contributed by atoms with Crippen LogP contribution < -0.4 is 20.5 Å². The first-order chi connectivity index (χ1) is 10.6. The van der Waals surface area contributed by atoms with E-state index in [1.807, 2.05) is 26.0 Å². The number of aromatic amines is 1. The maximum Gasteiger partial charge on any atom is 0.156 e. The Kier molecular flexibility index (Phi) is 4.38. The van der Waals surface area contributed by atoms with Crippen molar-refractivity contribution in [3.05, 3.63) is 12.1 Å². The van der Waals surface area contributed by atoms with Gasteiger partial charge in [-0.3, -0.25) is 5.10 Å². The van der Waals surface area contributed by atoms with Crippen molar-refractivity contribution in [3.63, 3.8) is 0 Å². The van der Waals surface area contributed by atoms with Gasteiger partial charge in [-0.1, -0.05) is 0 Å². The second-order valence-electron chi connectivity index (χ2n) is 6.12. The third kappa shape index (κ3) is 3.27. The first-order valence-corrected chi connectivity index (χ1v) is 7.91. The number of aromatic nitrogens is 2. The molecule has 120 valence electrons. The van der Waals surface area contributed by atoms with Crippen LogP contribution in [0.4, 0.5) is 5.82 Å². The minimum atomic E-state index is 0.0668. The maximum absolute atomic E-state index is 5.99. The number of anilines is 1. The number of ether oxygens (including phenoxy) is 2. The molecule has 1 aromatic heterocycles. The minimum absolute atomic E-state index is 0.0668. The molecule has 1 aliphatic rings. The Morgan fingerprint density at radius 1 is 1.32 bits per heavy atom. The highest BCUT2D eigenvalue weighted by Crippen LogP contribution is 2.34. The molecule has 1 saturated heterocycles. The Balaban J connectivity index is 1.80. The first-order valence-electron chi connectivity index (χ1n) is 7.91. The highest BCUT2D eigenvalue weighted by molar-refractivity contribution is 5.95. The molecule has 2 heterocycles. The average Bonchev–Trinajstić information content (AvgIpc) is 2.87. The summed E-state index contributed by atoms with van der Waals surface area (Å²) in [6.07, 6.45) is 2.39. The lowest BCUT2D eigenvalue weighted by molar-refractivity contribution is 0.212. The number of rotatable bonds is 5. The molecule has 1 fully saturated rings. The van der Waals surface area contributed by atoms with Crippen LogP contribution in [0.15, 0.2) is 12.1 Å². The van der Waals surface area contributed by atoms with Crippen LogP contribution in [0.2, 0.25) is 0 Å². The molecule has 4 N–H and O–H groups in total. The fourth-order valence-electron chi connectivity index (χ4n) is 2.81. The van der Waals surface area contributed by atoms with Gasteiger partial charge < -0.3 is 20.5 Å². The van der Waals surface area contributed by atoms with Crippen LogP contribution in [-0.4, -0.2) is 36.0 Å². The fourth-order valence-corrected chi connectivity index (χ4v) is 2.81. The van der Waals surface area contributed by atoms with Gasteiger partial charge in [0.25, 0.3) is 0 Å². The van der Waals surface area contributed by atoms with Crippen LogP contribution in [0.5, 0.6) is 11.5 Å². The van der Waals surface area contributed by atoms with E-state index in [0.29, 0.717) is 11.7 Å². The third-order valence-electron chi connectivity index (χ3n) is 3.94. The lowest BCUT2D eigenvalue weighted by Gasteiger charge is -2.23. The Labute approximate surface area is 130 Å². The maximum atomic E-state index is 5.99. The van der Waals surface area contributed by atoms with E-state index < -0.39 is 0 Å². The molecule has 6 nitrogen and oxygen atoms in total. The van der Waals surface area contributed by atoms with Crippen molar-refractivity contribution in [3.8, 4) is 11.5 Å². The summed E-state index contributed by atoms with van der Waals surface area (Å²) in [7, 11) is 0. The molecule has 3 rings (SSSR count). The highest BCUT2D eigenvalue weighted by atomic mass is 16.5. The van der Waals surface area contributed by atoms with E-state index in [0.717, 1.165) is 54.9 Å². The molecule has 0 bridgehead atoms. The number of nitrogens with zero attached hydrogens (tertiary/aromatic N) is 1. The number of hydrogen-bond acceptors (Lipinski definition) is 5. The van der Waals surface area contributed by atoms with E-state index >= 15 is 0 Å². The summed E-state index contributed by atoms with van der Waals surface area (Å²) in [6, 6.07) is 3.85. The first kappa shape index (κ1) is 15.0. The Bertz CT molecular complexity index is 632. The zero-order valence-electron chi connectivity index (χ0n) is 13.2. The summed E-state index contributed by atoms with van der Waals surface area (Å²) >= 11 is 0. The van der Waals surface area contributed by atoms with Crippen LogP contribution >= 0.6 is 0 Å². The van der Waals surface area contributed by atoms with E-state index in [4.69, 9.17) is 15.2 Å². The molecule has 1 aliphatic heterocycles. The van der Waals surface area contributed by atoms with E-state index in [9.17, 15) is 0 Å². The van der Waals surface area contributed by atoms with Crippen molar-refractivity contribution in [2.24, 2.45) is 5.92 Å². The Morgan fingerprint density at radius 3 is 2.82 bits per heavy atom. The molecule has 0 unspecified atom stereocenters. The molecule has 2 aromatic rings. The third-order valence-corrected chi connectivity index (χ3v) is 3.94. The van der Waals surface area contributed by atoms with Crippen molar-refractivity contribution < 1.29 is 9.47 Å². The average molecular weight is 304 g/mol. The number of fused-ring (bicyclic) bond motifs is 1. The van der Waals surface area contributed by atoms with Crippen LogP contribution in [0, 0.1) is 5.92 Å². The zero-order valence-corrected chi connectivity index (χ0v) is 13.2. The van der Waals surface area contributed by atoms with Gasteiger partial charge in [-0.15, -0.1) is 0 Å². The molecule has 0 saturated carbocycles. The molecule has 0 atom stereocenters. The SMILES string of the molecule is CC(C)Oc1cc(OCC2CCNCC2)cc2[nH]nc(N)c12. The van der Waals surface area contributed by atoms with Gasteiger partial charge >= 0.3 is 0 Å². The summed E-state index contributed by atoms with van der Waals surface area (Å²) < 4.78 is 11.9. The topological polar surface area (TPSA) is 85.2 Å². The fraction of sp³-hybridized carbons (Fsp3) is 0.562. The summed E-state index contributed by atoms with van der Waals surface area (Å²) in [5.74, 6) is 2.58. The number of benzene rings is 1. The molecular formula is C16H24N4O2. The molecule has 0 amide bonds. The summed E-state index contributed by atoms with van der Waals surface area (Å²) in [6.45, 7) is 6.87. The molecular weight excluding hydrogens is 280 g/mol. The molecule has 0 aliphatic carbocycles. The van der Waals surface area contributed by atoms with Crippen molar-refractivity contribution in [1.82, 2.24) is 15.5 Å². The van der Waals surface area contributed by atoms with Crippen LogP contribution in [0.1, 0.15) is 26.7 Å². The summed E-state index contributed by atoms with van der Waals surface area (Å²) in [5, 5.41) is 11.2. The van der Waals surface area contributed by atoms with Crippen LogP contribution in [-0.2, 0) is 0 Å². The smallest absolute Gasteiger partial charge is 0.156 e. The Morgan fingerprint density at radius 2 is 2.09 bits per heavy atom. The number of piperidine rings is 1.